The fraction of sp³-hybridized carbons (Fsp3) is 0.863. The largest absolute Gasteiger partial charge is 0.466 e. The van der Waals surface area contributed by atoms with E-state index < -0.39 is 5.79 Å². The van der Waals surface area contributed by atoms with Crippen molar-refractivity contribution < 1.29 is 33.3 Å². The number of hydrogen-bond acceptors (Lipinski definition) is 8. The highest BCUT2D eigenvalue weighted by Crippen LogP contribution is 2.36. The molecule has 2 saturated heterocycles. The molecular weight excluding hydrogens is 739 g/mol. The third kappa shape index (κ3) is 28.9. The Balaban J connectivity index is 1.59. The van der Waals surface area contributed by atoms with Gasteiger partial charge in [0.15, 0.2) is 5.79 Å². The van der Waals surface area contributed by atoms with E-state index in [1.165, 1.54) is 89.9 Å². The maximum atomic E-state index is 12.3. The first-order valence-electron chi connectivity index (χ1n) is 24.7. The van der Waals surface area contributed by atoms with Gasteiger partial charge in [0, 0.05) is 45.3 Å². The highest BCUT2D eigenvalue weighted by atomic mass is 16.7. The SMILES string of the molecule is C=C=C=C=CC(CCCCC)CCOC(=O)CCCCCCCCCC1(CCCCCCCCCC(=O)OCCC(C)CCCCC)OCC(CCN2CCOCC2)O1. The van der Waals surface area contributed by atoms with Gasteiger partial charge in [0.2, 0.25) is 0 Å². The molecule has 0 aromatic carbocycles. The zero-order valence-corrected chi connectivity index (χ0v) is 38.5. The highest BCUT2D eigenvalue weighted by molar-refractivity contribution is 5.69. The van der Waals surface area contributed by atoms with E-state index in [1.807, 2.05) is 6.08 Å². The van der Waals surface area contributed by atoms with E-state index in [9.17, 15) is 9.59 Å². The summed E-state index contributed by atoms with van der Waals surface area (Å²) in [6.45, 7) is 16.7. The molecule has 2 rings (SSSR count). The van der Waals surface area contributed by atoms with Crippen molar-refractivity contribution in [2.45, 2.75) is 219 Å². The normalized spacial score (nSPS) is 19.1. The lowest BCUT2D eigenvalue weighted by Crippen LogP contribution is -2.38. The lowest BCUT2D eigenvalue weighted by molar-refractivity contribution is -0.180. The summed E-state index contributed by atoms with van der Waals surface area (Å²) in [6, 6.07) is 0. The number of ether oxygens (including phenoxy) is 5. The average molecular weight is 828 g/mol. The van der Waals surface area contributed by atoms with E-state index >= 15 is 0 Å². The van der Waals surface area contributed by atoms with E-state index in [-0.39, 0.29) is 18.0 Å². The smallest absolute Gasteiger partial charge is 0.305 e. The molecule has 2 heterocycles. The Morgan fingerprint density at radius 1 is 0.729 bits per heavy atom. The van der Waals surface area contributed by atoms with Gasteiger partial charge in [-0.1, -0.05) is 141 Å². The van der Waals surface area contributed by atoms with E-state index in [1.54, 1.807) is 0 Å². The Bertz CT molecular complexity index is 1170. The van der Waals surface area contributed by atoms with Gasteiger partial charge in [0.05, 0.1) is 39.1 Å². The Hall–Kier alpha value is -2.14. The minimum Gasteiger partial charge on any atom is -0.466 e. The van der Waals surface area contributed by atoms with E-state index in [2.05, 4.69) is 49.4 Å². The number of allylic oxidation sites excluding steroid dienone is 1. The van der Waals surface area contributed by atoms with Crippen molar-refractivity contribution in [3.05, 3.63) is 29.8 Å². The van der Waals surface area contributed by atoms with Crippen molar-refractivity contribution in [3.8, 4) is 0 Å². The molecule has 0 aromatic rings. The van der Waals surface area contributed by atoms with Gasteiger partial charge in [-0.05, 0) is 81.6 Å². The molecule has 2 aliphatic rings. The fourth-order valence-corrected chi connectivity index (χ4v) is 8.30. The molecule has 8 heteroatoms. The zero-order chi connectivity index (χ0) is 42.5. The van der Waals surface area contributed by atoms with Crippen molar-refractivity contribution >= 4 is 11.9 Å². The third-order valence-corrected chi connectivity index (χ3v) is 12.2. The number of morpholine rings is 1. The zero-order valence-electron chi connectivity index (χ0n) is 38.5. The molecule has 340 valence electrons. The van der Waals surface area contributed by atoms with Crippen molar-refractivity contribution in [3.63, 3.8) is 0 Å². The van der Waals surface area contributed by atoms with Crippen LogP contribution in [-0.2, 0) is 33.3 Å². The summed E-state index contributed by atoms with van der Waals surface area (Å²) in [6.07, 6.45) is 33.6. The van der Waals surface area contributed by atoms with Crippen molar-refractivity contribution in [2.75, 3.05) is 52.7 Å². The first kappa shape index (κ1) is 53.0. The van der Waals surface area contributed by atoms with Crippen LogP contribution in [0, 0.1) is 11.8 Å². The molecule has 0 saturated carbocycles. The molecule has 0 aromatic heterocycles. The summed E-state index contributed by atoms with van der Waals surface area (Å²) in [4.78, 5) is 27.0. The van der Waals surface area contributed by atoms with Gasteiger partial charge >= 0.3 is 11.9 Å². The summed E-state index contributed by atoms with van der Waals surface area (Å²) >= 11 is 0. The Kier molecular flexibility index (Phi) is 32.8. The van der Waals surface area contributed by atoms with Crippen LogP contribution in [0.15, 0.2) is 29.8 Å². The first-order chi connectivity index (χ1) is 28.9. The summed E-state index contributed by atoms with van der Waals surface area (Å²) in [5, 5.41) is 0. The van der Waals surface area contributed by atoms with Crippen LogP contribution in [0.25, 0.3) is 0 Å². The van der Waals surface area contributed by atoms with Gasteiger partial charge in [-0.25, -0.2) is 0 Å². The predicted octanol–water partition coefficient (Wildman–Crippen LogP) is 12.8. The topological polar surface area (TPSA) is 83.5 Å². The molecule has 4 atom stereocenters. The quantitative estimate of drug-likeness (QED) is 0.0346. The number of carbonyl (C=O) groups is 2. The molecule has 8 nitrogen and oxygen atoms in total. The van der Waals surface area contributed by atoms with E-state index in [4.69, 9.17) is 23.7 Å². The molecule has 2 fully saturated rings. The molecule has 0 radical (unpaired) electrons. The van der Waals surface area contributed by atoms with E-state index in [0.717, 1.165) is 116 Å². The molecule has 2 aliphatic heterocycles. The number of esters is 2. The van der Waals surface area contributed by atoms with Gasteiger partial charge in [0.25, 0.3) is 0 Å². The Morgan fingerprint density at radius 3 is 1.85 bits per heavy atom. The van der Waals surface area contributed by atoms with Crippen LogP contribution in [0.1, 0.15) is 207 Å². The Morgan fingerprint density at radius 2 is 1.27 bits per heavy atom. The molecule has 0 aliphatic carbocycles. The first-order valence-corrected chi connectivity index (χ1v) is 24.7. The number of rotatable bonds is 38. The summed E-state index contributed by atoms with van der Waals surface area (Å²) in [5.74, 6) is 0.450. The van der Waals surface area contributed by atoms with Crippen LogP contribution >= 0.6 is 0 Å². The number of hydrogen-bond donors (Lipinski definition) is 0. The van der Waals surface area contributed by atoms with Gasteiger partial charge in [-0.2, -0.15) is 0 Å². The standard InChI is InChI=1S/C51H89NO7/c1-5-8-21-28-46(4)34-41-56-49(53)31-24-17-13-11-15-19-26-36-51(58-45-48(59-51)33-38-52-39-43-55-44-40-52)37-27-20-16-12-14-18-25-32-50(54)57-42-35-47(29-22-9-6-2)30-23-10-7-3/h29,46-48H,2,5,7-8,10-21,23-28,30-45H2,1,3-4H3. The maximum absolute atomic E-state index is 12.3. The second kappa shape index (κ2) is 36.5. The van der Waals surface area contributed by atoms with Crippen molar-refractivity contribution in [1.82, 2.24) is 4.90 Å². The van der Waals surface area contributed by atoms with Crippen LogP contribution in [-0.4, -0.2) is 81.4 Å². The molecular formula is C51H89NO7. The fourth-order valence-electron chi connectivity index (χ4n) is 8.30. The van der Waals surface area contributed by atoms with Crippen LogP contribution in [0.5, 0.6) is 0 Å². The minimum atomic E-state index is -0.436. The maximum Gasteiger partial charge on any atom is 0.305 e. The van der Waals surface area contributed by atoms with Crippen LogP contribution < -0.4 is 0 Å². The monoisotopic (exact) mass is 828 g/mol. The van der Waals surface area contributed by atoms with Crippen molar-refractivity contribution in [2.24, 2.45) is 11.8 Å². The number of nitrogens with zero attached hydrogens (tertiary/aromatic N) is 1. The average Bonchev–Trinajstić information content (AvgIpc) is 3.65. The molecule has 0 spiro atoms. The highest BCUT2D eigenvalue weighted by Gasteiger charge is 2.40. The van der Waals surface area contributed by atoms with Gasteiger partial charge in [-0.15, -0.1) is 0 Å². The Labute approximate surface area is 362 Å². The molecule has 4 unspecified atom stereocenters. The predicted molar refractivity (Wildman–Crippen MR) is 241 cm³/mol. The summed E-state index contributed by atoms with van der Waals surface area (Å²) in [7, 11) is 0. The van der Waals surface area contributed by atoms with Gasteiger partial charge in [0.1, 0.15) is 0 Å². The van der Waals surface area contributed by atoms with Crippen LogP contribution in [0.3, 0.4) is 0 Å². The third-order valence-electron chi connectivity index (χ3n) is 12.2. The second-order valence-electron chi connectivity index (χ2n) is 17.6. The van der Waals surface area contributed by atoms with Gasteiger partial charge < -0.3 is 23.7 Å². The molecule has 59 heavy (non-hydrogen) atoms. The summed E-state index contributed by atoms with van der Waals surface area (Å²) in [5.41, 5.74) is 8.41. The summed E-state index contributed by atoms with van der Waals surface area (Å²) < 4.78 is 29.9. The van der Waals surface area contributed by atoms with Crippen molar-refractivity contribution in [1.29, 1.82) is 0 Å². The van der Waals surface area contributed by atoms with Gasteiger partial charge in [-0.3, -0.25) is 14.5 Å². The van der Waals surface area contributed by atoms with E-state index in [0.29, 0.717) is 44.5 Å². The van der Waals surface area contributed by atoms with Crippen LogP contribution in [0.2, 0.25) is 0 Å². The minimum absolute atomic E-state index is 0.0246. The number of unbranched alkanes of at least 4 members (excludes halogenated alkanes) is 16. The molecule has 0 N–H and O–H groups in total. The van der Waals surface area contributed by atoms with Crippen LogP contribution in [0.4, 0.5) is 0 Å². The second-order valence-corrected chi connectivity index (χ2v) is 17.6. The molecule has 0 amide bonds. The lowest BCUT2D eigenvalue weighted by Gasteiger charge is -2.30. The number of carbonyl (C=O) groups excluding carboxylic acids is 2. The lowest BCUT2D eigenvalue weighted by atomic mass is 9.98. The molecule has 0 bridgehead atoms.